The summed E-state index contributed by atoms with van der Waals surface area (Å²) in [7, 11) is 2.97. The summed E-state index contributed by atoms with van der Waals surface area (Å²) in [5.41, 5.74) is 7.77. The Morgan fingerprint density at radius 1 is 1.17 bits per heavy atom. The van der Waals surface area contributed by atoms with Gasteiger partial charge in [0, 0.05) is 11.1 Å². The Labute approximate surface area is 107 Å². The zero-order valence-electron chi connectivity index (χ0n) is 11.2. The minimum absolute atomic E-state index is 0.148. The van der Waals surface area contributed by atoms with E-state index in [-0.39, 0.29) is 5.75 Å². The molecular weight excluding hydrogens is 233 g/mol. The molecule has 2 rings (SSSR count). The molecule has 18 heavy (non-hydrogen) atoms. The summed E-state index contributed by atoms with van der Waals surface area (Å²) in [5.74, 6) is 0.187. The van der Waals surface area contributed by atoms with E-state index in [2.05, 4.69) is 0 Å². The van der Waals surface area contributed by atoms with Crippen molar-refractivity contribution in [2.45, 2.75) is 38.1 Å². The van der Waals surface area contributed by atoms with Crippen LogP contribution in [0, 0.1) is 12.7 Å². The summed E-state index contributed by atoms with van der Waals surface area (Å²) in [6.45, 7) is 1.87. The van der Waals surface area contributed by atoms with Gasteiger partial charge in [-0.1, -0.05) is 12.8 Å². The summed E-state index contributed by atoms with van der Waals surface area (Å²) in [5, 5.41) is 0. The molecule has 1 aromatic carbocycles. The maximum atomic E-state index is 13.8. The quantitative estimate of drug-likeness (QED) is 0.900. The van der Waals surface area contributed by atoms with E-state index in [1.54, 1.807) is 0 Å². The lowest BCUT2D eigenvalue weighted by atomic mass is 9.85. The second kappa shape index (κ2) is 4.76. The van der Waals surface area contributed by atoms with Gasteiger partial charge in [-0.3, -0.25) is 0 Å². The van der Waals surface area contributed by atoms with E-state index in [0.717, 1.165) is 36.8 Å². The highest BCUT2D eigenvalue weighted by atomic mass is 19.1. The highest BCUT2D eigenvalue weighted by molar-refractivity contribution is 5.54. The molecule has 0 bridgehead atoms. The number of methoxy groups -OCH3 is 2. The molecule has 1 saturated carbocycles. The van der Waals surface area contributed by atoms with Gasteiger partial charge < -0.3 is 15.2 Å². The Balaban J connectivity index is 2.65. The Hall–Kier alpha value is -1.29. The maximum Gasteiger partial charge on any atom is 0.197 e. The van der Waals surface area contributed by atoms with Crippen LogP contribution >= 0.6 is 0 Å². The van der Waals surface area contributed by atoms with Crippen molar-refractivity contribution in [1.29, 1.82) is 0 Å². The number of rotatable bonds is 3. The van der Waals surface area contributed by atoms with Crippen molar-refractivity contribution in [3.63, 3.8) is 0 Å². The first-order valence-corrected chi connectivity index (χ1v) is 6.24. The van der Waals surface area contributed by atoms with Crippen LogP contribution in [0.25, 0.3) is 0 Å². The summed E-state index contributed by atoms with van der Waals surface area (Å²) >= 11 is 0. The molecule has 0 heterocycles. The van der Waals surface area contributed by atoms with E-state index in [4.69, 9.17) is 15.2 Å². The smallest absolute Gasteiger partial charge is 0.197 e. The van der Waals surface area contributed by atoms with Crippen LogP contribution in [0.1, 0.15) is 36.8 Å². The fourth-order valence-corrected chi connectivity index (χ4v) is 2.99. The molecule has 3 nitrogen and oxygen atoms in total. The van der Waals surface area contributed by atoms with Gasteiger partial charge in [0.25, 0.3) is 0 Å². The molecule has 0 aliphatic heterocycles. The molecule has 0 saturated heterocycles. The normalized spacial score (nSPS) is 17.8. The molecule has 1 aliphatic carbocycles. The van der Waals surface area contributed by atoms with Crippen molar-refractivity contribution < 1.29 is 13.9 Å². The van der Waals surface area contributed by atoms with E-state index in [0.29, 0.717) is 5.75 Å². The van der Waals surface area contributed by atoms with Gasteiger partial charge in [0.2, 0.25) is 0 Å². The van der Waals surface area contributed by atoms with Crippen molar-refractivity contribution in [2.75, 3.05) is 14.2 Å². The van der Waals surface area contributed by atoms with Crippen LogP contribution in [0.5, 0.6) is 11.5 Å². The molecule has 0 amide bonds. The molecule has 2 N–H and O–H groups in total. The topological polar surface area (TPSA) is 44.5 Å². The molecule has 4 heteroatoms. The van der Waals surface area contributed by atoms with E-state index < -0.39 is 11.4 Å². The predicted molar refractivity (Wildman–Crippen MR) is 68.6 cm³/mol. The number of halogens is 1. The lowest BCUT2D eigenvalue weighted by molar-refractivity contribution is 0.322. The number of hydrogen-bond donors (Lipinski definition) is 1. The van der Waals surface area contributed by atoms with Gasteiger partial charge in [-0.05, 0) is 31.4 Å². The van der Waals surface area contributed by atoms with Crippen molar-refractivity contribution in [2.24, 2.45) is 5.73 Å². The first kappa shape index (κ1) is 13.1. The van der Waals surface area contributed by atoms with E-state index in [9.17, 15) is 4.39 Å². The Kier molecular flexibility index (Phi) is 3.48. The van der Waals surface area contributed by atoms with Gasteiger partial charge in [0.1, 0.15) is 0 Å². The van der Waals surface area contributed by atoms with Crippen LogP contribution in [0.3, 0.4) is 0 Å². The van der Waals surface area contributed by atoms with E-state index in [1.165, 1.54) is 20.3 Å². The molecule has 0 atom stereocenters. The first-order chi connectivity index (χ1) is 8.53. The first-order valence-electron chi connectivity index (χ1n) is 6.24. The molecule has 1 aromatic rings. The summed E-state index contributed by atoms with van der Waals surface area (Å²) < 4.78 is 24.3. The van der Waals surface area contributed by atoms with Gasteiger partial charge in [-0.15, -0.1) is 0 Å². The van der Waals surface area contributed by atoms with Gasteiger partial charge in [0.05, 0.1) is 14.2 Å². The SMILES string of the molecule is COc1c(F)cc(C)c(C2(N)CCCC2)c1OC. The van der Waals surface area contributed by atoms with Crippen molar-refractivity contribution in [1.82, 2.24) is 0 Å². The highest BCUT2D eigenvalue weighted by Crippen LogP contribution is 2.46. The fourth-order valence-electron chi connectivity index (χ4n) is 2.99. The standard InChI is InChI=1S/C14H20FNO2/c1-9-8-10(15)12(17-2)13(18-3)11(9)14(16)6-4-5-7-14/h8H,4-7,16H2,1-3H3. The van der Waals surface area contributed by atoms with Crippen molar-refractivity contribution in [3.8, 4) is 11.5 Å². The molecule has 0 unspecified atom stereocenters. The Morgan fingerprint density at radius 2 is 1.72 bits per heavy atom. The van der Waals surface area contributed by atoms with Crippen LogP contribution in [-0.2, 0) is 5.54 Å². The molecule has 0 aromatic heterocycles. The average molecular weight is 253 g/mol. The molecular formula is C14H20FNO2. The minimum Gasteiger partial charge on any atom is -0.492 e. The number of ether oxygens (including phenoxy) is 2. The Morgan fingerprint density at radius 3 is 2.22 bits per heavy atom. The molecule has 100 valence electrons. The third-order valence-electron chi connectivity index (χ3n) is 3.79. The summed E-state index contributed by atoms with van der Waals surface area (Å²) in [6.07, 6.45) is 4.00. The van der Waals surface area contributed by atoms with Crippen molar-refractivity contribution in [3.05, 3.63) is 23.0 Å². The van der Waals surface area contributed by atoms with E-state index >= 15 is 0 Å². The zero-order valence-corrected chi connectivity index (χ0v) is 11.2. The second-order valence-corrected chi connectivity index (χ2v) is 4.98. The molecule has 1 aliphatic rings. The van der Waals surface area contributed by atoms with E-state index in [1.807, 2.05) is 6.92 Å². The monoisotopic (exact) mass is 253 g/mol. The van der Waals surface area contributed by atoms with Crippen LogP contribution in [0.4, 0.5) is 4.39 Å². The molecule has 0 spiro atoms. The van der Waals surface area contributed by atoms with Crippen LogP contribution in [0.15, 0.2) is 6.07 Å². The van der Waals surface area contributed by atoms with Gasteiger partial charge >= 0.3 is 0 Å². The maximum absolute atomic E-state index is 13.8. The number of aryl methyl sites for hydroxylation is 1. The number of hydrogen-bond acceptors (Lipinski definition) is 3. The zero-order chi connectivity index (χ0) is 13.3. The lowest BCUT2D eigenvalue weighted by Crippen LogP contribution is -2.34. The third kappa shape index (κ3) is 1.94. The number of benzene rings is 1. The minimum atomic E-state index is -0.420. The molecule has 0 radical (unpaired) electrons. The predicted octanol–water partition coefficient (Wildman–Crippen LogP) is 2.88. The van der Waals surface area contributed by atoms with Gasteiger partial charge in [0.15, 0.2) is 17.3 Å². The third-order valence-corrected chi connectivity index (χ3v) is 3.79. The highest BCUT2D eigenvalue weighted by Gasteiger charge is 2.37. The lowest BCUT2D eigenvalue weighted by Gasteiger charge is -2.29. The van der Waals surface area contributed by atoms with Crippen molar-refractivity contribution >= 4 is 0 Å². The summed E-state index contributed by atoms with van der Waals surface area (Å²) in [6, 6.07) is 1.48. The van der Waals surface area contributed by atoms with Crippen LogP contribution in [-0.4, -0.2) is 14.2 Å². The fraction of sp³-hybridized carbons (Fsp3) is 0.571. The Bertz CT molecular complexity index is 454. The van der Waals surface area contributed by atoms with Crippen LogP contribution in [0.2, 0.25) is 0 Å². The van der Waals surface area contributed by atoms with Gasteiger partial charge in [-0.25, -0.2) is 4.39 Å². The largest absolute Gasteiger partial charge is 0.492 e. The second-order valence-electron chi connectivity index (χ2n) is 4.98. The number of nitrogens with two attached hydrogens (primary N) is 1. The van der Waals surface area contributed by atoms with Crippen LogP contribution < -0.4 is 15.2 Å². The molecule has 1 fully saturated rings. The van der Waals surface area contributed by atoms with Gasteiger partial charge in [-0.2, -0.15) is 0 Å². The average Bonchev–Trinajstić information content (AvgIpc) is 2.75. The summed E-state index contributed by atoms with van der Waals surface area (Å²) in [4.78, 5) is 0.